The summed E-state index contributed by atoms with van der Waals surface area (Å²) in [4.78, 5) is 9.24. The second-order valence-electron chi connectivity index (χ2n) is 10.7. The van der Waals surface area contributed by atoms with Crippen LogP contribution in [-0.2, 0) is 27.6 Å². The van der Waals surface area contributed by atoms with Gasteiger partial charge in [0, 0.05) is 51.5 Å². The van der Waals surface area contributed by atoms with Gasteiger partial charge in [0.05, 0.1) is 25.6 Å². The third-order valence-corrected chi connectivity index (χ3v) is 5.88. The van der Waals surface area contributed by atoms with E-state index < -0.39 is 0 Å². The Hall–Kier alpha value is -3.29. The molecule has 1 radical (unpaired) electrons. The Balaban J connectivity index is 0.00000481. The average Bonchev–Trinajstić information content (AvgIpc) is 2.81. The normalized spacial score (nSPS) is 12.1. The number of para-hydroxylation sites is 2. The molecular formula is C30H36CoN2O4. The van der Waals surface area contributed by atoms with Crippen LogP contribution in [0.3, 0.4) is 0 Å². The van der Waals surface area contributed by atoms with E-state index in [1.807, 2.05) is 77.9 Å². The van der Waals surface area contributed by atoms with Crippen LogP contribution in [0.1, 0.15) is 63.8 Å². The fourth-order valence-electron chi connectivity index (χ4n) is 3.80. The molecule has 0 unspecified atom stereocenters. The van der Waals surface area contributed by atoms with Crippen molar-refractivity contribution in [2.24, 2.45) is 9.98 Å². The van der Waals surface area contributed by atoms with Crippen LogP contribution in [0.25, 0.3) is 0 Å². The van der Waals surface area contributed by atoms with Gasteiger partial charge in [-0.25, -0.2) is 0 Å². The van der Waals surface area contributed by atoms with Crippen molar-refractivity contribution in [3.8, 4) is 23.0 Å². The van der Waals surface area contributed by atoms with E-state index in [0.29, 0.717) is 34.0 Å². The third kappa shape index (κ3) is 7.14. The van der Waals surface area contributed by atoms with Crippen LogP contribution in [0.5, 0.6) is 23.0 Å². The summed E-state index contributed by atoms with van der Waals surface area (Å²) in [6, 6.07) is 14.6. The Labute approximate surface area is 230 Å². The van der Waals surface area contributed by atoms with Crippen molar-refractivity contribution >= 4 is 23.8 Å². The Morgan fingerprint density at radius 1 is 0.649 bits per heavy atom. The zero-order valence-corrected chi connectivity index (χ0v) is 23.8. The van der Waals surface area contributed by atoms with Crippen LogP contribution >= 0.6 is 0 Å². The molecule has 37 heavy (non-hydrogen) atoms. The van der Waals surface area contributed by atoms with Crippen molar-refractivity contribution in [1.29, 1.82) is 0 Å². The van der Waals surface area contributed by atoms with Gasteiger partial charge in [-0.2, -0.15) is 0 Å². The second kappa shape index (κ2) is 11.8. The number of ether oxygens (including phenoxy) is 2. The van der Waals surface area contributed by atoms with E-state index in [1.54, 1.807) is 38.8 Å². The van der Waals surface area contributed by atoms with Gasteiger partial charge in [0.2, 0.25) is 0 Å². The van der Waals surface area contributed by atoms with Crippen LogP contribution < -0.4 is 9.47 Å². The topological polar surface area (TPSA) is 83.6 Å². The van der Waals surface area contributed by atoms with Crippen LogP contribution in [-0.4, -0.2) is 36.9 Å². The number of nitrogens with zero attached hydrogens (tertiary/aromatic N) is 2. The molecule has 0 aliphatic rings. The van der Waals surface area contributed by atoms with Crippen molar-refractivity contribution in [2.75, 3.05) is 14.2 Å². The summed E-state index contributed by atoms with van der Waals surface area (Å²) in [7, 11) is 3.20. The molecule has 7 heteroatoms. The molecule has 199 valence electrons. The summed E-state index contributed by atoms with van der Waals surface area (Å²) < 4.78 is 10.9. The van der Waals surface area contributed by atoms with Gasteiger partial charge in [0.15, 0.2) is 0 Å². The molecule has 6 nitrogen and oxygen atoms in total. The first kappa shape index (κ1) is 29.9. The zero-order chi connectivity index (χ0) is 26.7. The summed E-state index contributed by atoms with van der Waals surface area (Å²) >= 11 is 0. The summed E-state index contributed by atoms with van der Waals surface area (Å²) in [5.41, 5.74) is 3.35. The first-order chi connectivity index (χ1) is 16.8. The third-order valence-electron chi connectivity index (χ3n) is 5.88. The van der Waals surface area contributed by atoms with E-state index in [9.17, 15) is 10.2 Å². The smallest absolute Gasteiger partial charge is 0.128 e. The minimum Gasteiger partial charge on any atom is -0.507 e. The number of rotatable bonds is 6. The zero-order valence-electron chi connectivity index (χ0n) is 22.7. The Kier molecular flexibility index (Phi) is 9.58. The number of aromatic hydroxyl groups is 2. The first-order valence-electron chi connectivity index (χ1n) is 11.8. The van der Waals surface area contributed by atoms with Crippen LogP contribution in [0.2, 0.25) is 0 Å². The van der Waals surface area contributed by atoms with Crippen LogP contribution in [0.4, 0.5) is 11.4 Å². The molecule has 0 amide bonds. The maximum Gasteiger partial charge on any atom is 0.128 e. The quantitative estimate of drug-likeness (QED) is 0.320. The molecule has 0 aliphatic heterocycles. The number of aliphatic imine (C=N–C) groups is 2. The molecule has 0 fully saturated rings. The number of phenols is 2. The molecule has 0 saturated carbocycles. The van der Waals surface area contributed by atoms with E-state index >= 15 is 0 Å². The predicted octanol–water partition coefficient (Wildman–Crippen LogP) is 7.21. The van der Waals surface area contributed by atoms with Gasteiger partial charge in [-0.15, -0.1) is 0 Å². The first-order valence-corrected chi connectivity index (χ1v) is 11.8. The minimum absolute atomic E-state index is 0. The largest absolute Gasteiger partial charge is 0.507 e. The van der Waals surface area contributed by atoms with Crippen LogP contribution in [0.15, 0.2) is 58.5 Å². The van der Waals surface area contributed by atoms with E-state index in [1.165, 1.54) is 0 Å². The maximum atomic E-state index is 10.9. The van der Waals surface area contributed by atoms with Gasteiger partial charge in [0.25, 0.3) is 0 Å². The summed E-state index contributed by atoms with van der Waals surface area (Å²) in [6.07, 6.45) is 3.23. The van der Waals surface area contributed by atoms with Gasteiger partial charge in [-0.05, 0) is 47.2 Å². The fourth-order valence-corrected chi connectivity index (χ4v) is 3.80. The summed E-state index contributed by atoms with van der Waals surface area (Å²) in [6.45, 7) is 12.2. The molecule has 0 saturated heterocycles. The standard InChI is InChI=1S/C30H36N2O4.Co/c1-29(2,3)23-15-21(35-7)13-19(27(23)33)17-31-25-11-9-10-12-26(25)32-18-20-14-22(36-8)16-24(28(20)34)30(4,5)6;/h9-18,33-34H,1-8H3;. The van der Waals surface area contributed by atoms with Gasteiger partial charge < -0.3 is 19.7 Å². The van der Waals surface area contributed by atoms with Crippen LogP contribution in [0, 0.1) is 0 Å². The monoisotopic (exact) mass is 547 g/mol. The Morgan fingerprint density at radius 3 is 1.30 bits per heavy atom. The van der Waals surface area contributed by atoms with Crippen molar-refractivity contribution in [2.45, 2.75) is 52.4 Å². The molecule has 0 spiro atoms. The molecule has 0 atom stereocenters. The van der Waals surface area contributed by atoms with E-state index in [-0.39, 0.29) is 39.1 Å². The fraction of sp³-hybridized carbons (Fsp3) is 0.333. The number of phenolic OH excluding ortho intramolecular Hbond substituents is 2. The molecule has 2 N–H and O–H groups in total. The van der Waals surface area contributed by atoms with Gasteiger partial charge in [-0.3, -0.25) is 9.98 Å². The number of benzene rings is 3. The molecule has 0 aliphatic carbocycles. The summed E-state index contributed by atoms with van der Waals surface area (Å²) in [5, 5.41) is 21.8. The number of methoxy groups -OCH3 is 2. The predicted molar refractivity (Wildman–Crippen MR) is 148 cm³/mol. The van der Waals surface area contributed by atoms with E-state index in [0.717, 1.165) is 11.1 Å². The Morgan fingerprint density at radius 2 is 1.00 bits per heavy atom. The van der Waals surface area contributed by atoms with Crippen molar-refractivity contribution in [1.82, 2.24) is 0 Å². The maximum absolute atomic E-state index is 10.9. The molecule has 0 heterocycles. The molecule has 3 aromatic carbocycles. The molecular weight excluding hydrogens is 511 g/mol. The van der Waals surface area contributed by atoms with Crippen molar-refractivity contribution in [3.63, 3.8) is 0 Å². The van der Waals surface area contributed by atoms with Gasteiger partial charge in [-0.1, -0.05) is 53.7 Å². The van der Waals surface area contributed by atoms with Gasteiger partial charge in [0.1, 0.15) is 23.0 Å². The number of hydrogen-bond donors (Lipinski definition) is 2. The minimum atomic E-state index is -0.270. The number of hydrogen-bond acceptors (Lipinski definition) is 6. The molecule has 0 bridgehead atoms. The van der Waals surface area contributed by atoms with E-state index in [2.05, 4.69) is 9.98 Å². The SMILES string of the molecule is COc1cc(C=Nc2ccccc2N=Cc2cc(OC)cc(C(C)(C)C)c2O)c(O)c(C(C)(C)C)c1.[Co]. The Bertz CT molecular complexity index is 1200. The van der Waals surface area contributed by atoms with Gasteiger partial charge >= 0.3 is 0 Å². The average molecular weight is 548 g/mol. The molecule has 3 rings (SSSR count). The summed E-state index contributed by atoms with van der Waals surface area (Å²) in [5.74, 6) is 1.63. The molecule has 0 aromatic heterocycles. The van der Waals surface area contributed by atoms with Crippen molar-refractivity contribution in [3.05, 3.63) is 70.8 Å². The molecule has 3 aromatic rings. The van der Waals surface area contributed by atoms with Crippen molar-refractivity contribution < 1.29 is 36.5 Å². The second-order valence-corrected chi connectivity index (χ2v) is 10.7. The van der Waals surface area contributed by atoms with E-state index in [4.69, 9.17) is 9.47 Å².